The highest BCUT2D eigenvalue weighted by Crippen LogP contribution is 2.28. The first-order valence-electron chi connectivity index (χ1n) is 8.09. The van der Waals surface area contributed by atoms with Gasteiger partial charge in [-0.1, -0.05) is 26.7 Å². The van der Waals surface area contributed by atoms with E-state index in [1.54, 1.807) is 0 Å². The van der Waals surface area contributed by atoms with Gasteiger partial charge in [0.05, 0.1) is 6.54 Å². The first kappa shape index (κ1) is 16.5. The lowest BCUT2D eigenvalue weighted by atomic mass is 9.89. The lowest BCUT2D eigenvalue weighted by molar-refractivity contribution is -0.130. The number of hydrogen-bond donors (Lipinski definition) is 1. The second-order valence-corrected chi connectivity index (χ2v) is 6.16. The maximum absolute atomic E-state index is 12.0. The number of carbonyl (C=O) groups excluding carboxylic acids is 1. The van der Waals surface area contributed by atoms with Crippen molar-refractivity contribution in [2.45, 2.75) is 65.8 Å². The molecule has 0 aromatic rings. The van der Waals surface area contributed by atoms with E-state index >= 15 is 0 Å². The predicted molar refractivity (Wildman–Crippen MR) is 81.1 cm³/mol. The minimum atomic E-state index is 0.245. The number of rotatable bonds is 6. The first-order valence-corrected chi connectivity index (χ1v) is 8.09. The molecule has 3 heteroatoms. The monoisotopic (exact) mass is 268 g/mol. The SMILES string of the molecule is CCN(CC)C(=O)CNC1CCCC(C(C)C)CC1. The Balaban J connectivity index is 2.32. The maximum Gasteiger partial charge on any atom is 0.236 e. The van der Waals surface area contributed by atoms with Gasteiger partial charge in [-0.05, 0) is 44.9 Å². The Morgan fingerprint density at radius 2 is 1.84 bits per heavy atom. The standard InChI is InChI=1S/C16H32N2O/c1-5-18(6-2)16(19)12-17-15-9-7-8-14(10-11-15)13(3)4/h13-15,17H,5-12H2,1-4H3. The van der Waals surface area contributed by atoms with Crippen LogP contribution in [0.4, 0.5) is 0 Å². The lowest BCUT2D eigenvalue weighted by Crippen LogP contribution is -2.41. The molecule has 0 aromatic heterocycles. The largest absolute Gasteiger partial charge is 0.342 e. The zero-order chi connectivity index (χ0) is 14.3. The quantitative estimate of drug-likeness (QED) is 0.751. The van der Waals surface area contributed by atoms with Gasteiger partial charge in [-0.25, -0.2) is 0 Å². The van der Waals surface area contributed by atoms with Crippen molar-refractivity contribution in [2.24, 2.45) is 11.8 Å². The van der Waals surface area contributed by atoms with Gasteiger partial charge >= 0.3 is 0 Å². The summed E-state index contributed by atoms with van der Waals surface area (Å²) in [5.74, 6) is 1.93. The highest BCUT2D eigenvalue weighted by atomic mass is 16.2. The highest BCUT2D eigenvalue weighted by molar-refractivity contribution is 5.78. The molecule has 2 atom stereocenters. The third-order valence-corrected chi connectivity index (χ3v) is 4.61. The predicted octanol–water partition coefficient (Wildman–Crippen LogP) is 3.05. The van der Waals surface area contributed by atoms with Crippen LogP contribution in [0.2, 0.25) is 0 Å². The van der Waals surface area contributed by atoms with Crippen LogP contribution in [0.1, 0.15) is 59.8 Å². The van der Waals surface area contributed by atoms with Crippen LogP contribution in [0.15, 0.2) is 0 Å². The molecule has 0 aromatic carbocycles. The molecule has 0 heterocycles. The normalized spacial score (nSPS) is 24.3. The van der Waals surface area contributed by atoms with E-state index < -0.39 is 0 Å². The molecule has 1 saturated carbocycles. The first-order chi connectivity index (χ1) is 9.08. The molecule has 0 radical (unpaired) electrons. The Morgan fingerprint density at radius 1 is 1.16 bits per heavy atom. The summed E-state index contributed by atoms with van der Waals surface area (Å²) < 4.78 is 0. The Hall–Kier alpha value is -0.570. The van der Waals surface area contributed by atoms with Crippen LogP contribution in [-0.4, -0.2) is 36.5 Å². The van der Waals surface area contributed by atoms with Crippen LogP contribution >= 0.6 is 0 Å². The Labute approximate surface area is 119 Å². The summed E-state index contributed by atoms with van der Waals surface area (Å²) in [4.78, 5) is 13.9. The van der Waals surface area contributed by atoms with E-state index in [0.717, 1.165) is 24.9 Å². The van der Waals surface area contributed by atoms with Gasteiger partial charge in [0.25, 0.3) is 0 Å². The summed E-state index contributed by atoms with van der Waals surface area (Å²) in [6.45, 7) is 10.9. The van der Waals surface area contributed by atoms with Crippen LogP contribution in [0.5, 0.6) is 0 Å². The molecule has 1 amide bonds. The van der Waals surface area contributed by atoms with Crippen molar-refractivity contribution in [3.05, 3.63) is 0 Å². The van der Waals surface area contributed by atoms with E-state index in [1.165, 1.54) is 32.1 Å². The molecule has 1 N–H and O–H groups in total. The third kappa shape index (κ3) is 5.52. The van der Waals surface area contributed by atoms with E-state index in [0.29, 0.717) is 12.6 Å². The van der Waals surface area contributed by atoms with Gasteiger partial charge in [0.2, 0.25) is 5.91 Å². The topological polar surface area (TPSA) is 32.3 Å². The number of likely N-dealkylation sites (N-methyl/N-ethyl adjacent to an activating group) is 1. The second-order valence-electron chi connectivity index (χ2n) is 6.16. The van der Waals surface area contributed by atoms with Crippen molar-refractivity contribution >= 4 is 5.91 Å². The molecule has 0 bridgehead atoms. The minimum absolute atomic E-state index is 0.245. The molecule has 0 spiro atoms. The van der Waals surface area contributed by atoms with Crippen LogP contribution in [0.25, 0.3) is 0 Å². The fourth-order valence-electron chi connectivity index (χ4n) is 3.12. The van der Waals surface area contributed by atoms with Crippen molar-refractivity contribution in [1.29, 1.82) is 0 Å². The molecular formula is C16H32N2O. The van der Waals surface area contributed by atoms with Crippen LogP contribution in [0.3, 0.4) is 0 Å². The number of carbonyl (C=O) groups is 1. The molecule has 0 aliphatic heterocycles. The molecule has 1 fully saturated rings. The Bertz CT molecular complexity index is 261. The molecule has 0 saturated heterocycles. The van der Waals surface area contributed by atoms with E-state index in [-0.39, 0.29) is 5.91 Å². The van der Waals surface area contributed by atoms with Gasteiger partial charge in [-0.2, -0.15) is 0 Å². The van der Waals surface area contributed by atoms with Crippen molar-refractivity contribution in [1.82, 2.24) is 10.2 Å². The number of nitrogens with one attached hydrogen (secondary N) is 1. The van der Waals surface area contributed by atoms with Gasteiger partial charge in [0.15, 0.2) is 0 Å². The van der Waals surface area contributed by atoms with Gasteiger partial charge in [-0.15, -0.1) is 0 Å². The van der Waals surface area contributed by atoms with Crippen molar-refractivity contribution in [3.8, 4) is 0 Å². The Morgan fingerprint density at radius 3 is 2.42 bits per heavy atom. The van der Waals surface area contributed by atoms with Gasteiger partial charge in [-0.3, -0.25) is 4.79 Å². The van der Waals surface area contributed by atoms with Crippen molar-refractivity contribution < 1.29 is 4.79 Å². The summed E-state index contributed by atoms with van der Waals surface area (Å²) in [5, 5.41) is 3.48. The molecule has 3 nitrogen and oxygen atoms in total. The molecule has 112 valence electrons. The summed E-state index contributed by atoms with van der Waals surface area (Å²) in [7, 11) is 0. The van der Waals surface area contributed by atoms with Crippen LogP contribution < -0.4 is 5.32 Å². The zero-order valence-corrected chi connectivity index (χ0v) is 13.2. The van der Waals surface area contributed by atoms with Crippen LogP contribution in [-0.2, 0) is 4.79 Å². The van der Waals surface area contributed by atoms with E-state index in [2.05, 4.69) is 19.2 Å². The average molecular weight is 268 g/mol. The molecule has 1 rings (SSSR count). The highest BCUT2D eigenvalue weighted by Gasteiger charge is 2.21. The maximum atomic E-state index is 12.0. The smallest absolute Gasteiger partial charge is 0.236 e. The van der Waals surface area contributed by atoms with Gasteiger partial charge in [0, 0.05) is 19.1 Å². The third-order valence-electron chi connectivity index (χ3n) is 4.61. The van der Waals surface area contributed by atoms with Gasteiger partial charge < -0.3 is 10.2 Å². The summed E-state index contributed by atoms with van der Waals surface area (Å²) >= 11 is 0. The summed E-state index contributed by atoms with van der Waals surface area (Å²) in [6.07, 6.45) is 6.44. The summed E-state index contributed by atoms with van der Waals surface area (Å²) in [6, 6.07) is 0.545. The molecule has 1 aliphatic rings. The molecular weight excluding hydrogens is 236 g/mol. The van der Waals surface area contributed by atoms with Crippen molar-refractivity contribution in [2.75, 3.05) is 19.6 Å². The summed E-state index contributed by atoms with van der Waals surface area (Å²) in [5.41, 5.74) is 0. The van der Waals surface area contributed by atoms with E-state index in [1.807, 2.05) is 18.7 Å². The average Bonchev–Trinajstić information content (AvgIpc) is 2.63. The second kappa shape index (κ2) is 8.57. The minimum Gasteiger partial charge on any atom is -0.342 e. The fourth-order valence-corrected chi connectivity index (χ4v) is 3.12. The fraction of sp³-hybridized carbons (Fsp3) is 0.938. The molecule has 1 aliphatic carbocycles. The van der Waals surface area contributed by atoms with E-state index in [9.17, 15) is 4.79 Å². The Kier molecular flexibility index (Phi) is 7.44. The number of amides is 1. The van der Waals surface area contributed by atoms with Crippen LogP contribution in [0, 0.1) is 11.8 Å². The van der Waals surface area contributed by atoms with Crippen molar-refractivity contribution in [3.63, 3.8) is 0 Å². The number of hydrogen-bond acceptors (Lipinski definition) is 2. The number of nitrogens with zero attached hydrogens (tertiary/aromatic N) is 1. The molecule has 19 heavy (non-hydrogen) atoms. The lowest BCUT2D eigenvalue weighted by Gasteiger charge is -2.22. The zero-order valence-electron chi connectivity index (χ0n) is 13.2. The van der Waals surface area contributed by atoms with Gasteiger partial charge in [0.1, 0.15) is 0 Å². The molecule has 2 unspecified atom stereocenters. The van der Waals surface area contributed by atoms with E-state index in [4.69, 9.17) is 0 Å².